The van der Waals surface area contributed by atoms with Crippen molar-refractivity contribution in [2.24, 2.45) is 0 Å². The third-order valence-corrected chi connectivity index (χ3v) is 9.88. The lowest BCUT2D eigenvalue weighted by molar-refractivity contribution is 0.0847. The van der Waals surface area contributed by atoms with E-state index in [0.29, 0.717) is 13.0 Å². The van der Waals surface area contributed by atoms with E-state index in [2.05, 4.69) is 97.9 Å². The van der Waals surface area contributed by atoms with E-state index >= 15 is 0 Å². The van der Waals surface area contributed by atoms with Crippen LogP contribution in [0.4, 0.5) is 0 Å². The molecule has 0 saturated heterocycles. The monoisotopic (exact) mass is 630 g/mol. The molecule has 238 valence electrons. The largest absolute Gasteiger partial charge is 0.497 e. The van der Waals surface area contributed by atoms with Gasteiger partial charge in [-0.3, -0.25) is 0 Å². The molecule has 0 fully saturated rings. The number of methoxy groups -OCH3 is 1. The van der Waals surface area contributed by atoms with Gasteiger partial charge in [-0.2, -0.15) is 0 Å². The highest BCUT2D eigenvalue weighted by atomic mass is 16.5. The SMILES string of the molecule is CCCCOc1ccc(C2(c3ccc(OC)cc3)C=Cc3c4c(c5ccccc5c3O2)-c2ccccc2C4(O)Cc2ccccc2)cc1. The number of unbranched alkanes of at least 4 members (excludes halogenated alkanes) is 1. The van der Waals surface area contributed by atoms with Crippen molar-refractivity contribution in [2.45, 2.75) is 37.4 Å². The molecule has 1 aliphatic carbocycles. The van der Waals surface area contributed by atoms with Crippen molar-refractivity contribution in [3.63, 3.8) is 0 Å². The normalized spacial score (nSPS) is 18.9. The van der Waals surface area contributed by atoms with Crippen LogP contribution in [0.25, 0.3) is 28.0 Å². The van der Waals surface area contributed by atoms with E-state index in [0.717, 1.165) is 85.4 Å². The quantitative estimate of drug-likeness (QED) is 0.162. The standard InChI is InChI=1S/C44H38O4/c1-3-4-28-47-34-24-20-32(21-25-34)44(31-18-22-33(46-2)23-19-31)27-26-38-41-40(35-14-8-9-15-36(35)42(38)48-44)37-16-10-11-17-39(37)43(41,45)29-30-12-6-5-7-13-30/h5-27,45H,3-4,28-29H2,1-2H3. The Balaban J connectivity index is 1.35. The molecule has 8 rings (SSSR count). The molecule has 48 heavy (non-hydrogen) atoms. The van der Waals surface area contributed by atoms with Crippen molar-refractivity contribution in [2.75, 3.05) is 13.7 Å². The van der Waals surface area contributed by atoms with E-state index in [1.807, 2.05) is 48.5 Å². The molecule has 1 N–H and O–H groups in total. The van der Waals surface area contributed by atoms with Gasteiger partial charge in [0.05, 0.1) is 13.7 Å². The molecule has 2 aliphatic rings. The summed E-state index contributed by atoms with van der Waals surface area (Å²) >= 11 is 0. The lowest BCUT2D eigenvalue weighted by atomic mass is 9.78. The maximum atomic E-state index is 13.0. The number of aliphatic hydroxyl groups is 1. The first-order valence-electron chi connectivity index (χ1n) is 16.8. The fraction of sp³-hybridized carbons (Fsp3) is 0.182. The Morgan fingerprint density at radius 3 is 2.06 bits per heavy atom. The molecule has 2 atom stereocenters. The number of rotatable bonds is 9. The van der Waals surface area contributed by atoms with Crippen molar-refractivity contribution < 1.29 is 19.3 Å². The van der Waals surface area contributed by atoms with Crippen molar-refractivity contribution in [3.05, 3.63) is 167 Å². The van der Waals surface area contributed by atoms with Gasteiger partial charge in [-0.05, 0) is 64.4 Å². The second-order valence-electron chi connectivity index (χ2n) is 12.7. The van der Waals surface area contributed by atoms with Crippen LogP contribution in [0.15, 0.2) is 133 Å². The molecule has 6 aromatic rings. The van der Waals surface area contributed by atoms with Crippen molar-refractivity contribution in [3.8, 4) is 28.4 Å². The van der Waals surface area contributed by atoms with E-state index < -0.39 is 11.2 Å². The zero-order chi connectivity index (χ0) is 32.7. The minimum atomic E-state index is -1.26. The first-order chi connectivity index (χ1) is 23.6. The van der Waals surface area contributed by atoms with Crippen LogP contribution in [0, 0.1) is 0 Å². The Kier molecular flexibility index (Phi) is 7.54. The summed E-state index contributed by atoms with van der Waals surface area (Å²) in [6.07, 6.45) is 6.85. The van der Waals surface area contributed by atoms with Crippen molar-refractivity contribution >= 4 is 16.8 Å². The van der Waals surface area contributed by atoms with Gasteiger partial charge in [0.2, 0.25) is 0 Å². The van der Waals surface area contributed by atoms with Crippen molar-refractivity contribution in [1.82, 2.24) is 0 Å². The van der Waals surface area contributed by atoms with Gasteiger partial charge in [0.15, 0.2) is 5.60 Å². The number of fused-ring (bicyclic) bond motifs is 8. The lowest BCUT2D eigenvalue weighted by Gasteiger charge is -2.38. The minimum absolute atomic E-state index is 0.444. The van der Waals surface area contributed by atoms with E-state index in [4.69, 9.17) is 14.2 Å². The predicted molar refractivity (Wildman–Crippen MR) is 193 cm³/mol. The Morgan fingerprint density at radius 1 is 0.708 bits per heavy atom. The summed E-state index contributed by atoms with van der Waals surface area (Å²) < 4.78 is 18.9. The van der Waals surface area contributed by atoms with Gasteiger partial charge in [-0.25, -0.2) is 0 Å². The summed E-state index contributed by atoms with van der Waals surface area (Å²) in [5.41, 5.74) is 5.65. The van der Waals surface area contributed by atoms with Crippen molar-refractivity contribution in [1.29, 1.82) is 0 Å². The zero-order valence-electron chi connectivity index (χ0n) is 27.3. The molecule has 4 heteroatoms. The molecule has 0 radical (unpaired) electrons. The van der Waals surface area contributed by atoms with E-state index in [-0.39, 0.29) is 0 Å². The van der Waals surface area contributed by atoms with Crippen LogP contribution in [-0.2, 0) is 17.6 Å². The van der Waals surface area contributed by atoms with E-state index in [9.17, 15) is 5.11 Å². The van der Waals surface area contributed by atoms with Gasteiger partial charge < -0.3 is 19.3 Å². The Morgan fingerprint density at radius 2 is 1.35 bits per heavy atom. The summed E-state index contributed by atoms with van der Waals surface area (Å²) in [6, 6.07) is 43.3. The molecule has 6 aromatic carbocycles. The molecule has 0 bridgehead atoms. The van der Waals surface area contributed by atoms with Gasteiger partial charge in [0.25, 0.3) is 0 Å². The molecular formula is C44H38O4. The van der Waals surface area contributed by atoms with E-state index in [1.165, 1.54) is 0 Å². The molecule has 0 saturated carbocycles. The molecule has 1 aliphatic heterocycles. The van der Waals surface area contributed by atoms with Gasteiger partial charge in [0, 0.05) is 34.1 Å². The summed E-state index contributed by atoms with van der Waals surface area (Å²) in [5.74, 6) is 2.37. The van der Waals surface area contributed by atoms with Gasteiger partial charge in [-0.1, -0.05) is 123 Å². The number of benzene rings is 6. The van der Waals surface area contributed by atoms with Crippen LogP contribution in [0.3, 0.4) is 0 Å². The average molecular weight is 631 g/mol. The fourth-order valence-electron chi connectivity index (χ4n) is 7.52. The molecule has 1 heterocycles. The van der Waals surface area contributed by atoms with Gasteiger partial charge >= 0.3 is 0 Å². The van der Waals surface area contributed by atoms with Crippen LogP contribution in [0.5, 0.6) is 17.2 Å². The zero-order valence-corrected chi connectivity index (χ0v) is 27.3. The molecule has 4 nitrogen and oxygen atoms in total. The summed E-state index contributed by atoms with van der Waals surface area (Å²) in [7, 11) is 1.68. The number of ether oxygens (including phenoxy) is 3. The van der Waals surface area contributed by atoms with Crippen LogP contribution >= 0.6 is 0 Å². The second kappa shape index (κ2) is 12.0. The molecule has 0 aromatic heterocycles. The molecule has 2 unspecified atom stereocenters. The average Bonchev–Trinajstić information content (AvgIpc) is 3.40. The van der Waals surface area contributed by atoms with Crippen LogP contribution in [0.2, 0.25) is 0 Å². The Hall–Kier alpha value is -5.32. The van der Waals surface area contributed by atoms with E-state index in [1.54, 1.807) is 7.11 Å². The fourth-order valence-corrected chi connectivity index (χ4v) is 7.52. The predicted octanol–water partition coefficient (Wildman–Crippen LogP) is 9.84. The Bertz CT molecular complexity index is 2130. The third-order valence-electron chi connectivity index (χ3n) is 9.88. The first-order valence-corrected chi connectivity index (χ1v) is 16.8. The van der Waals surface area contributed by atoms with Gasteiger partial charge in [0.1, 0.15) is 22.8 Å². The van der Waals surface area contributed by atoms with Gasteiger partial charge in [-0.15, -0.1) is 0 Å². The molecule has 0 spiro atoms. The highest BCUT2D eigenvalue weighted by Gasteiger charge is 2.47. The summed E-state index contributed by atoms with van der Waals surface area (Å²) in [5, 5.41) is 15.1. The van der Waals surface area contributed by atoms with Crippen LogP contribution in [0.1, 0.15) is 53.1 Å². The highest BCUT2D eigenvalue weighted by molar-refractivity contribution is 6.08. The smallest absolute Gasteiger partial charge is 0.178 e. The number of hydrogen-bond acceptors (Lipinski definition) is 4. The topological polar surface area (TPSA) is 47.9 Å². The Labute approximate surface area is 281 Å². The first kappa shape index (κ1) is 30.0. The minimum Gasteiger partial charge on any atom is -0.497 e. The lowest BCUT2D eigenvalue weighted by Crippen LogP contribution is -2.35. The highest BCUT2D eigenvalue weighted by Crippen LogP contribution is 2.58. The maximum absolute atomic E-state index is 13.0. The maximum Gasteiger partial charge on any atom is 0.178 e. The van der Waals surface area contributed by atoms with Crippen LogP contribution < -0.4 is 14.2 Å². The molecular weight excluding hydrogens is 592 g/mol. The number of hydrogen-bond donors (Lipinski definition) is 1. The molecule has 0 amide bonds. The van der Waals surface area contributed by atoms with Crippen LogP contribution in [-0.4, -0.2) is 18.8 Å². The third kappa shape index (κ3) is 4.79. The summed E-state index contributed by atoms with van der Waals surface area (Å²) in [4.78, 5) is 0. The summed E-state index contributed by atoms with van der Waals surface area (Å²) in [6.45, 7) is 2.85. The second-order valence-corrected chi connectivity index (χ2v) is 12.7.